The van der Waals surface area contributed by atoms with Gasteiger partial charge in [0, 0.05) is 42.1 Å². The van der Waals surface area contributed by atoms with E-state index in [1.807, 2.05) is 12.3 Å². The molecule has 0 radical (unpaired) electrons. The van der Waals surface area contributed by atoms with Crippen LogP contribution in [0.3, 0.4) is 0 Å². The van der Waals surface area contributed by atoms with Crippen molar-refractivity contribution in [1.29, 1.82) is 0 Å². The van der Waals surface area contributed by atoms with Crippen LogP contribution in [0.25, 0.3) is 21.9 Å². The lowest BCUT2D eigenvalue weighted by Gasteiger charge is -2.34. The van der Waals surface area contributed by atoms with E-state index < -0.39 is 0 Å². The number of benzene rings is 1. The second-order valence-electron chi connectivity index (χ2n) is 6.84. The van der Waals surface area contributed by atoms with Gasteiger partial charge in [0.05, 0.1) is 12.7 Å². The molecule has 1 fully saturated rings. The summed E-state index contributed by atoms with van der Waals surface area (Å²) in [5.41, 5.74) is 3.35. The van der Waals surface area contributed by atoms with E-state index in [1.165, 1.54) is 16.3 Å². The van der Waals surface area contributed by atoms with E-state index in [2.05, 4.69) is 53.0 Å². The third kappa shape index (κ3) is 2.84. The van der Waals surface area contributed by atoms with Crippen LogP contribution in [0.2, 0.25) is 0 Å². The number of aromatic amines is 1. The van der Waals surface area contributed by atoms with Gasteiger partial charge in [0.2, 0.25) is 0 Å². The maximum atomic E-state index is 6.05. The van der Waals surface area contributed by atoms with Crippen molar-refractivity contribution in [3.05, 3.63) is 42.1 Å². The number of H-pyrrole nitrogens is 1. The van der Waals surface area contributed by atoms with Gasteiger partial charge >= 0.3 is 0 Å². The van der Waals surface area contributed by atoms with Gasteiger partial charge in [-0.05, 0) is 35.7 Å². The van der Waals surface area contributed by atoms with Crippen molar-refractivity contribution in [2.75, 3.05) is 26.2 Å². The quantitative estimate of drug-likeness (QED) is 0.801. The van der Waals surface area contributed by atoms with E-state index in [1.54, 1.807) is 0 Å². The van der Waals surface area contributed by atoms with Gasteiger partial charge in [0.1, 0.15) is 5.65 Å². The zero-order valence-corrected chi connectivity index (χ0v) is 13.7. The second-order valence-corrected chi connectivity index (χ2v) is 6.84. The number of pyridine rings is 1. The van der Waals surface area contributed by atoms with Gasteiger partial charge < -0.3 is 9.72 Å². The molecule has 0 aliphatic carbocycles. The molecule has 4 rings (SSSR count). The Labute approximate surface area is 136 Å². The molecule has 3 aromatic rings. The van der Waals surface area contributed by atoms with E-state index in [4.69, 9.17) is 4.74 Å². The van der Waals surface area contributed by atoms with Crippen molar-refractivity contribution < 1.29 is 4.74 Å². The Hall–Kier alpha value is -1.91. The van der Waals surface area contributed by atoms with Crippen LogP contribution in [0.5, 0.6) is 0 Å². The van der Waals surface area contributed by atoms with Crippen LogP contribution < -0.4 is 0 Å². The second kappa shape index (κ2) is 5.95. The lowest BCUT2D eigenvalue weighted by atomic mass is 10.0. The largest absolute Gasteiger partial charge is 0.371 e. The van der Waals surface area contributed by atoms with E-state index in [0.29, 0.717) is 5.92 Å². The molecule has 120 valence electrons. The number of fused-ring (bicyclic) bond motifs is 3. The Bertz CT molecular complexity index is 824. The molecule has 0 saturated carbocycles. The average Bonchev–Trinajstić information content (AvgIpc) is 2.92. The molecule has 0 unspecified atom stereocenters. The Morgan fingerprint density at radius 2 is 2.22 bits per heavy atom. The summed E-state index contributed by atoms with van der Waals surface area (Å²) >= 11 is 0. The predicted octanol–water partition coefficient (Wildman–Crippen LogP) is 3.75. The molecule has 4 heteroatoms. The van der Waals surface area contributed by atoms with Crippen molar-refractivity contribution in [2.24, 2.45) is 5.92 Å². The van der Waals surface area contributed by atoms with Gasteiger partial charge in [0.25, 0.3) is 0 Å². The standard InChI is InChI=1S/C19H23N3O/c1-13(2)11-22-8-9-23-18(12-22)14-5-6-17-16(10-14)15-4-3-7-20-19(15)21-17/h3-7,10,13,18H,8-9,11-12H2,1-2H3,(H,20,21)/t18-/m1/s1. The molecular weight excluding hydrogens is 286 g/mol. The highest BCUT2D eigenvalue weighted by atomic mass is 16.5. The van der Waals surface area contributed by atoms with Gasteiger partial charge in [-0.2, -0.15) is 0 Å². The number of ether oxygens (including phenoxy) is 1. The highest BCUT2D eigenvalue weighted by molar-refractivity contribution is 6.05. The lowest BCUT2D eigenvalue weighted by Crippen LogP contribution is -2.40. The summed E-state index contributed by atoms with van der Waals surface area (Å²) in [7, 11) is 0. The third-order valence-corrected chi connectivity index (χ3v) is 4.54. The summed E-state index contributed by atoms with van der Waals surface area (Å²) in [6.45, 7) is 8.51. The summed E-state index contributed by atoms with van der Waals surface area (Å²) in [6.07, 6.45) is 1.99. The fourth-order valence-electron chi connectivity index (χ4n) is 3.53. The van der Waals surface area contributed by atoms with Crippen LogP contribution >= 0.6 is 0 Å². The van der Waals surface area contributed by atoms with Crippen LogP contribution in [0.1, 0.15) is 25.5 Å². The molecule has 0 amide bonds. The number of hydrogen-bond acceptors (Lipinski definition) is 3. The molecule has 1 N–H and O–H groups in total. The third-order valence-electron chi connectivity index (χ3n) is 4.54. The van der Waals surface area contributed by atoms with Crippen molar-refractivity contribution in [3.63, 3.8) is 0 Å². The summed E-state index contributed by atoms with van der Waals surface area (Å²) in [4.78, 5) is 10.3. The summed E-state index contributed by atoms with van der Waals surface area (Å²) in [5, 5.41) is 2.41. The average molecular weight is 309 g/mol. The van der Waals surface area contributed by atoms with Gasteiger partial charge in [0.15, 0.2) is 0 Å². The van der Waals surface area contributed by atoms with Crippen LogP contribution in [-0.4, -0.2) is 41.1 Å². The molecule has 0 spiro atoms. The normalized spacial score (nSPS) is 19.9. The Morgan fingerprint density at radius 1 is 1.30 bits per heavy atom. The first kappa shape index (κ1) is 14.7. The van der Waals surface area contributed by atoms with Gasteiger partial charge in [-0.3, -0.25) is 4.90 Å². The molecule has 4 nitrogen and oxygen atoms in total. The first-order valence-electron chi connectivity index (χ1n) is 8.41. The summed E-state index contributed by atoms with van der Waals surface area (Å²) in [5.74, 6) is 0.691. The maximum Gasteiger partial charge on any atom is 0.138 e. The van der Waals surface area contributed by atoms with Gasteiger partial charge in [-0.1, -0.05) is 19.9 Å². The molecule has 1 aliphatic heterocycles. The maximum absolute atomic E-state index is 6.05. The van der Waals surface area contributed by atoms with E-state index >= 15 is 0 Å². The smallest absolute Gasteiger partial charge is 0.138 e. The highest BCUT2D eigenvalue weighted by Crippen LogP contribution is 2.29. The Balaban J connectivity index is 1.67. The highest BCUT2D eigenvalue weighted by Gasteiger charge is 2.23. The first-order valence-corrected chi connectivity index (χ1v) is 8.41. The van der Waals surface area contributed by atoms with Gasteiger partial charge in [-0.25, -0.2) is 4.98 Å². The SMILES string of the molecule is CC(C)CN1CCO[C@@H](c2ccc3[nH]c4ncccc4c3c2)C1. The van der Waals surface area contributed by atoms with Crippen LogP contribution in [0, 0.1) is 5.92 Å². The topological polar surface area (TPSA) is 41.1 Å². The minimum absolute atomic E-state index is 0.161. The zero-order chi connectivity index (χ0) is 15.8. The van der Waals surface area contributed by atoms with Crippen LogP contribution in [-0.2, 0) is 4.74 Å². The minimum Gasteiger partial charge on any atom is -0.371 e. The zero-order valence-electron chi connectivity index (χ0n) is 13.7. The lowest BCUT2D eigenvalue weighted by molar-refractivity contribution is -0.0331. The predicted molar refractivity (Wildman–Crippen MR) is 93.6 cm³/mol. The fraction of sp³-hybridized carbons (Fsp3) is 0.421. The number of hydrogen-bond donors (Lipinski definition) is 1. The van der Waals surface area contributed by atoms with Crippen molar-refractivity contribution >= 4 is 21.9 Å². The monoisotopic (exact) mass is 309 g/mol. The molecule has 23 heavy (non-hydrogen) atoms. The van der Waals surface area contributed by atoms with E-state index in [0.717, 1.165) is 37.4 Å². The molecule has 1 aliphatic rings. The first-order chi connectivity index (χ1) is 11.2. The number of rotatable bonds is 3. The van der Waals surface area contributed by atoms with Crippen LogP contribution in [0.15, 0.2) is 36.5 Å². The molecule has 1 saturated heterocycles. The number of nitrogens with one attached hydrogen (secondary N) is 1. The Kier molecular flexibility index (Phi) is 3.79. The Morgan fingerprint density at radius 3 is 3.09 bits per heavy atom. The number of morpholine rings is 1. The number of nitrogens with zero attached hydrogens (tertiary/aromatic N) is 2. The molecule has 0 bridgehead atoms. The molecule has 1 atom stereocenters. The molecular formula is C19H23N3O. The van der Waals surface area contributed by atoms with Crippen molar-refractivity contribution in [1.82, 2.24) is 14.9 Å². The fourth-order valence-corrected chi connectivity index (χ4v) is 3.53. The summed E-state index contributed by atoms with van der Waals surface area (Å²) < 4.78 is 6.05. The minimum atomic E-state index is 0.161. The van der Waals surface area contributed by atoms with E-state index in [9.17, 15) is 0 Å². The number of aromatic nitrogens is 2. The van der Waals surface area contributed by atoms with Gasteiger partial charge in [-0.15, -0.1) is 0 Å². The molecule has 1 aromatic carbocycles. The summed E-state index contributed by atoms with van der Waals surface area (Å²) in [6, 6.07) is 10.7. The van der Waals surface area contributed by atoms with Crippen molar-refractivity contribution in [2.45, 2.75) is 20.0 Å². The molecule has 3 heterocycles. The van der Waals surface area contributed by atoms with Crippen LogP contribution in [0.4, 0.5) is 0 Å². The van der Waals surface area contributed by atoms with Crippen molar-refractivity contribution in [3.8, 4) is 0 Å². The molecule has 2 aromatic heterocycles. The van der Waals surface area contributed by atoms with E-state index in [-0.39, 0.29) is 6.10 Å².